The standard InChI is InChI=1S/C16H17F4N3O5S/c17-11-5-9(6-12(18)13(11)22-1-3-29(26,27)4-2-22)23-8-10(28-16(23)25)7-21-15(24)14(19)20/h1,3,5-6,10,14,26-27H,2,4,7-8H2,(H,21,24)/t10-/m0/s1. The molecular formula is C16H17F4N3O5S. The van der Waals surface area contributed by atoms with Crippen molar-refractivity contribution in [2.45, 2.75) is 12.5 Å². The summed E-state index contributed by atoms with van der Waals surface area (Å²) < 4.78 is 77.5. The molecule has 29 heavy (non-hydrogen) atoms. The Morgan fingerprint density at radius 2 is 1.97 bits per heavy atom. The molecule has 160 valence electrons. The van der Waals surface area contributed by atoms with E-state index in [9.17, 15) is 36.3 Å². The summed E-state index contributed by atoms with van der Waals surface area (Å²) in [7, 11) is -2.91. The first kappa shape index (κ1) is 21.2. The number of carbonyl (C=O) groups is 2. The van der Waals surface area contributed by atoms with Gasteiger partial charge in [-0.2, -0.15) is 19.4 Å². The highest BCUT2D eigenvalue weighted by Crippen LogP contribution is 2.43. The molecule has 13 heteroatoms. The fraction of sp³-hybridized carbons (Fsp3) is 0.375. The zero-order valence-electron chi connectivity index (χ0n) is 14.7. The Kier molecular flexibility index (Phi) is 5.91. The smallest absolute Gasteiger partial charge is 0.414 e. The molecule has 0 unspecified atom stereocenters. The monoisotopic (exact) mass is 439 g/mol. The average molecular weight is 439 g/mol. The number of amides is 2. The number of halogens is 4. The number of carbonyl (C=O) groups excluding carboxylic acids is 2. The van der Waals surface area contributed by atoms with Gasteiger partial charge >= 0.3 is 12.5 Å². The molecule has 1 aromatic carbocycles. The molecule has 1 aromatic rings. The van der Waals surface area contributed by atoms with Crippen LogP contribution in [0.5, 0.6) is 0 Å². The molecule has 1 atom stereocenters. The van der Waals surface area contributed by atoms with Crippen LogP contribution in [0.1, 0.15) is 0 Å². The summed E-state index contributed by atoms with van der Waals surface area (Å²) in [6, 6.07) is 1.81. The minimum absolute atomic E-state index is 0.0241. The second kappa shape index (κ2) is 8.08. The third-order valence-electron chi connectivity index (χ3n) is 4.27. The van der Waals surface area contributed by atoms with Gasteiger partial charge in [-0.15, -0.1) is 0 Å². The first-order chi connectivity index (χ1) is 13.6. The normalized spacial score (nSPS) is 22.0. The van der Waals surface area contributed by atoms with E-state index in [0.717, 1.165) is 22.4 Å². The molecule has 3 rings (SSSR count). The van der Waals surface area contributed by atoms with Crippen molar-refractivity contribution in [3.05, 3.63) is 35.4 Å². The molecular weight excluding hydrogens is 422 g/mol. The maximum Gasteiger partial charge on any atom is 0.414 e. The maximum atomic E-state index is 14.6. The Morgan fingerprint density at radius 1 is 1.31 bits per heavy atom. The lowest BCUT2D eigenvalue weighted by molar-refractivity contribution is -0.132. The van der Waals surface area contributed by atoms with E-state index in [1.807, 2.05) is 5.32 Å². The van der Waals surface area contributed by atoms with Gasteiger partial charge in [0.2, 0.25) is 0 Å². The van der Waals surface area contributed by atoms with Gasteiger partial charge in [-0.3, -0.25) is 18.8 Å². The maximum absolute atomic E-state index is 14.6. The van der Waals surface area contributed by atoms with E-state index >= 15 is 0 Å². The molecule has 2 amide bonds. The molecule has 3 N–H and O–H groups in total. The first-order valence-electron chi connectivity index (χ1n) is 8.31. The van der Waals surface area contributed by atoms with Crippen molar-refractivity contribution in [3.63, 3.8) is 0 Å². The topological polar surface area (TPSA) is 102 Å². The van der Waals surface area contributed by atoms with Crippen LogP contribution in [0.25, 0.3) is 0 Å². The highest BCUT2D eigenvalue weighted by atomic mass is 32.3. The summed E-state index contributed by atoms with van der Waals surface area (Å²) in [6.45, 7) is -0.603. The van der Waals surface area contributed by atoms with Crippen LogP contribution in [0.3, 0.4) is 0 Å². The minimum atomic E-state index is -3.22. The van der Waals surface area contributed by atoms with Gasteiger partial charge in [0.05, 0.1) is 24.5 Å². The quantitative estimate of drug-likeness (QED) is 0.610. The summed E-state index contributed by atoms with van der Waals surface area (Å²) in [4.78, 5) is 25.0. The molecule has 2 heterocycles. The van der Waals surface area contributed by atoms with Crippen LogP contribution >= 0.6 is 10.6 Å². The second-order valence-electron chi connectivity index (χ2n) is 6.32. The number of benzene rings is 1. The summed E-state index contributed by atoms with van der Waals surface area (Å²) in [5.41, 5.74) is -0.574. The van der Waals surface area contributed by atoms with E-state index in [1.54, 1.807) is 0 Å². The molecule has 0 bridgehead atoms. The van der Waals surface area contributed by atoms with E-state index in [-0.39, 0.29) is 31.1 Å². The molecule has 0 aromatic heterocycles. The van der Waals surface area contributed by atoms with Gasteiger partial charge in [0.25, 0.3) is 5.91 Å². The van der Waals surface area contributed by atoms with Gasteiger partial charge in [-0.1, -0.05) is 0 Å². The fourth-order valence-corrected chi connectivity index (χ4v) is 3.79. The summed E-state index contributed by atoms with van der Waals surface area (Å²) in [5.74, 6) is -3.60. The lowest BCUT2D eigenvalue weighted by Gasteiger charge is -2.36. The molecule has 0 saturated carbocycles. The third kappa shape index (κ3) is 4.74. The third-order valence-corrected chi connectivity index (χ3v) is 5.61. The van der Waals surface area contributed by atoms with Gasteiger partial charge in [0, 0.05) is 30.3 Å². The van der Waals surface area contributed by atoms with Crippen molar-refractivity contribution in [1.29, 1.82) is 0 Å². The van der Waals surface area contributed by atoms with Crippen LogP contribution in [0.4, 0.5) is 33.7 Å². The predicted molar refractivity (Wildman–Crippen MR) is 97.2 cm³/mol. The zero-order chi connectivity index (χ0) is 21.3. The second-order valence-corrected chi connectivity index (χ2v) is 8.44. The van der Waals surface area contributed by atoms with E-state index < -0.39 is 52.4 Å². The number of anilines is 2. The van der Waals surface area contributed by atoms with Crippen LogP contribution in [0.2, 0.25) is 0 Å². The number of ether oxygens (including phenoxy) is 1. The summed E-state index contributed by atoms with van der Waals surface area (Å²) in [5, 5.41) is 2.97. The van der Waals surface area contributed by atoms with Crippen molar-refractivity contribution in [1.82, 2.24) is 5.32 Å². The van der Waals surface area contributed by atoms with E-state index in [2.05, 4.69) is 0 Å². The van der Waals surface area contributed by atoms with Gasteiger partial charge in [-0.05, 0) is 0 Å². The molecule has 1 saturated heterocycles. The first-order valence-corrected chi connectivity index (χ1v) is 10.1. The number of nitrogens with one attached hydrogen (secondary N) is 1. The molecule has 0 radical (unpaired) electrons. The van der Waals surface area contributed by atoms with Crippen LogP contribution in [-0.2, 0) is 9.53 Å². The van der Waals surface area contributed by atoms with Gasteiger partial charge in [0.15, 0.2) is 11.6 Å². The Bertz CT molecular complexity index is 831. The Morgan fingerprint density at radius 3 is 2.52 bits per heavy atom. The molecule has 8 nitrogen and oxygen atoms in total. The Balaban J connectivity index is 1.73. The highest BCUT2D eigenvalue weighted by molar-refractivity contribution is 8.26. The van der Waals surface area contributed by atoms with Crippen molar-refractivity contribution >= 4 is 34.0 Å². The minimum Gasteiger partial charge on any atom is -0.442 e. The Hall–Kier alpha value is -2.51. The molecule has 2 aliphatic heterocycles. The summed E-state index contributed by atoms with van der Waals surface area (Å²) in [6.07, 6.45) is -3.96. The molecule has 0 aliphatic carbocycles. The largest absolute Gasteiger partial charge is 0.442 e. The van der Waals surface area contributed by atoms with E-state index in [0.29, 0.717) is 0 Å². The molecule has 2 aliphatic rings. The van der Waals surface area contributed by atoms with E-state index in [1.165, 1.54) is 11.1 Å². The van der Waals surface area contributed by atoms with Crippen LogP contribution < -0.4 is 15.1 Å². The van der Waals surface area contributed by atoms with Crippen LogP contribution in [0, 0.1) is 11.6 Å². The number of cyclic esters (lactones) is 1. The molecule has 1 fully saturated rings. The van der Waals surface area contributed by atoms with Crippen molar-refractivity contribution in [2.75, 3.05) is 35.2 Å². The number of alkyl halides is 2. The number of rotatable bonds is 5. The molecule has 0 spiro atoms. The van der Waals surface area contributed by atoms with Gasteiger partial charge < -0.3 is 15.0 Å². The number of hydrogen-bond acceptors (Lipinski definition) is 6. The van der Waals surface area contributed by atoms with E-state index in [4.69, 9.17) is 4.74 Å². The average Bonchev–Trinajstić information content (AvgIpc) is 3.01. The predicted octanol–water partition coefficient (Wildman–Crippen LogP) is 2.71. The zero-order valence-corrected chi connectivity index (χ0v) is 15.5. The van der Waals surface area contributed by atoms with Crippen molar-refractivity contribution in [2.24, 2.45) is 0 Å². The van der Waals surface area contributed by atoms with Gasteiger partial charge in [0.1, 0.15) is 11.8 Å². The van der Waals surface area contributed by atoms with Crippen molar-refractivity contribution in [3.8, 4) is 0 Å². The fourth-order valence-electron chi connectivity index (χ4n) is 2.85. The van der Waals surface area contributed by atoms with Crippen LogP contribution in [0.15, 0.2) is 23.7 Å². The number of hydrogen-bond donors (Lipinski definition) is 3. The van der Waals surface area contributed by atoms with Crippen molar-refractivity contribution < 1.29 is 41.0 Å². The Labute approximate surface area is 164 Å². The number of nitrogens with zero attached hydrogens (tertiary/aromatic N) is 2. The SMILES string of the molecule is O=C(NC[C@H]1CN(c2cc(F)c(N3C=CS(O)(O)CC3)c(F)c2)C(=O)O1)C(F)F. The summed E-state index contributed by atoms with van der Waals surface area (Å²) >= 11 is 0. The highest BCUT2D eigenvalue weighted by Gasteiger charge is 2.34. The van der Waals surface area contributed by atoms with Crippen LogP contribution in [-0.4, -0.2) is 59.0 Å². The lowest BCUT2D eigenvalue weighted by atomic mass is 10.2. The van der Waals surface area contributed by atoms with Gasteiger partial charge in [-0.25, -0.2) is 13.6 Å². The lowest BCUT2D eigenvalue weighted by Crippen LogP contribution is -2.37.